The molecule has 2 heterocycles. The summed E-state index contributed by atoms with van der Waals surface area (Å²) in [7, 11) is 0. The lowest BCUT2D eigenvalue weighted by molar-refractivity contribution is -0.126. The molecule has 0 radical (unpaired) electrons. The Morgan fingerprint density at radius 2 is 1.94 bits per heavy atom. The summed E-state index contributed by atoms with van der Waals surface area (Å²) in [5.41, 5.74) is 7.42. The van der Waals surface area contributed by atoms with Crippen LogP contribution in [0.25, 0.3) is 10.8 Å². The van der Waals surface area contributed by atoms with E-state index in [1.165, 1.54) is 0 Å². The molecule has 3 aromatic rings. The van der Waals surface area contributed by atoms with Crippen molar-refractivity contribution in [2.75, 3.05) is 25.4 Å². The summed E-state index contributed by atoms with van der Waals surface area (Å²) in [5.74, 6) is 0.153. The number of benzene rings is 2. The Balaban J connectivity index is 1.25. The number of carbonyl (C=O) groups is 2. The fourth-order valence-electron chi connectivity index (χ4n) is 4.25. The average molecular weight is 431 g/mol. The molecule has 164 valence electrons. The third kappa shape index (κ3) is 4.42. The minimum atomic E-state index is -0.0935. The van der Waals surface area contributed by atoms with Crippen LogP contribution < -0.4 is 11.1 Å². The van der Waals surface area contributed by atoms with Gasteiger partial charge in [-0.2, -0.15) is 10.4 Å². The predicted molar refractivity (Wildman–Crippen MR) is 122 cm³/mol. The van der Waals surface area contributed by atoms with Gasteiger partial charge in [0.2, 0.25) is 5.91 Å². The van der Waals surface area contributed by atoms with E-state index in [1.807, 2.05) is 53.4 Å². The zero-order valence-corrected chi connectivity index (χ0v) is 17.8. The molecule has 0 atom stereocenters. The van der Waals surface area contributed by atoms with Crippen molar-refractivity contribution in [2.45, 2.75) is 25.7 Å². The van der Waals surface area contributed by atoms with E-state index < -0.39 is 0 Å². The second kappa shape index (κ2) is 9.52. The maximum atomic E-state index is 13.1. The Bertz CT molecular complexity index is 1170. The van der Waals surface area contributed by atoms with Gasteiger partial charge >= 0.3 is 0 Å². The van der Waals surface area contributed by atoms with Gasteiger partial charge in [0.25, 0.3) is 5.91 Å². The third-order valence-electron chi connectivity index (χ3n) is 6.06. The van der Waals surface area contributed by atoms with Crippen molar-refractivity contribution in [3.05, 3.63) is 59.3 Å². The molecule has 2 aromatic carbocycles. The minimum Gasteiger partial charge on any atom is -0.381 e. The van der Waals surface area contributed by atoms with Gasteiger partial charge in [-0.3, -0.25) is 14.7 Å². The highest BCUT2D eigenvalue weighted by Gasteiger charge is 2.28. The Hall–Kier alpha value is -3.86. The van der Waals surface area contributed by atoms with Crippen LogP contribution in [0.2, 0.25) is 0 Å². The van der Waals surface area contributed by atoms with Gasteiger partial charge < -0.3 is 16.0 Å². The number of aromatic amines is 1. The highest BCUT2D eigenvalue weighted by Crippen LogP contribution is 2.24. The molecule has 0 unspecified atom stereocenters. The minimum absolute atomic E-state index is 0.0203. The lowest BCUT2D eigenvalue weighted by Gasteiger charge is -2.31. The molecule has 0 spiro atoms. The van der Waals surface area contributed by atoms with Crippen molar-refractivity contribution >= 4 is 28.4 Å². The van der Waals surface area contributed by atoms with E-state index in [2.05, 4.69) is 15.5 Å². The fourth-order valence-corrected chi connectivity index (χ4v) is 4.25. The average Bonchev–Trinajstić information content (AvgIpc) is 3.20. The molecule has 0 aliphatic carbocycles. The van der Waals surface area contributed by atoms with Crippen LogP contribution >= 0.6 is 0 Å². The van der Waals surface area contributed by atoms with Gasteiger partial charge in [-0.1, -0.05) is 36.4 Å². The monoisotopic (exact) mass is 430 g/mol. The van der Waals surface area contributed by atoms with Crippen LogP contribution in [0.4, 0.5) is 5.82 Å². The summed E-state index contributed by atoms with van der Waals surface area (Å²) in [4.78, 5) is 27.5. The number of fused-ring (bicyclic) bond motifs is 1. The third-order valence-corrected chi connectivity index (χ3v) is 6.06. The number of nitrogens with zero attached hydrogens (tertiary/aromatic N) is 3. The van der Waals surface area contributed by atoms with E-state index in [0.717, 1.165) is 10.8 Å². The molecule has 1 aromatic heterocycles. The first kappa shape index (κ1) is 21.4. The van der Waals surface area contributed by atoms with E-state index in [0.29, 0.717) is 62.1 Å². The molecule has 8 nitrogen and oxygen atoms in total. The van der Waals surface area contributed by atoms with Crippen molar-refractivity contribution in [3.8, 4) is 6.07 Å². The number of likely N-dealkylation sites (tertiary alicyclic amines) is 1. The number of nitriles is 1. The summed E-state index contributed by atoms with van der Waals surface area (Å²) >= 11 is 0. The molecule has 1 aliphatic rings. The predicted octanol–water partition coefficient (Wildman–Crippen LogP) is 2.62. The number of nitrogen functional groups attached to an aromatic ring is 1. The smallest absolute Gasteiger partial charge is 0.254 e. The molecule has 1 aliphatic heterocycles. The molecule has 4 N–H and O–H groups in total. The van der Waals surface area contributed by atoms with Crippen molar-refractivity contribution in [2.24, 2.45) is 5.92 Å². The first-order chi connectivity index (χ1) is 15.6. The summed E-state index contributed by atoms with van der Waals surface area (Å²) in [6.07, 6.45) is 2.57. The van der Waals surface area contributed by atoms with Crippen molar-refractivity contribution < 1.29 is 9.59 Å². The second-order valence-electron chi connectivity index (χ2n) is 8.06. The zero-order valence-electron chi connectivity index (χ0n) is 17.8. The number of anilines is 1. The van der Waals surface area contributed by atoms with E-state index in [9.17, 15) is 9.59 Å². The number of H-pyrrole nitrogens is 1. The molecule has 8 heteroatoms. The molecular weight excluding hydrogens is 404 g/mol. The van der Waals surface area contributed by atoms with Crippen LogP contribution in [0, 0.1) is 17.2 Å². The summed E-state index contributed by atoms with van der Waals surface area (Å²) in [6, 6.07) is 15.7. The standard InChI is InChI=1S/C24H26N6O2/c25-15-20-21(28-29-22(20)26)9-4-12-27-23(31)17-10-13-30(14-11-17)24(32)19-8-3-6-16-5-1-2-7-18(16)19/h1-3,5-8,17H,4,9-14H2,(H,27,31)(H3,26,28,29). The van der Waals surface area contributed by atoms with E-state index >= 15 is 0 Å². The van der Waals surface area contributed by atoms with Gasteiger partial charge in [-0.25, -0.2) is 0 Å². The Labute approximate surface area is 186 Å². The van der Waals surface area contributed by atoms with Gasteiger partial charge in [0, 0.05) is 31.1 Å². The van der Waals surface area contributed by atoms with Crippen LogP contribution in [-0.2, 0) is 11.2 Å². The number of aryl methyl sites for hydroxylation is 1. The number of nitrogens with two attached hydrogens (primary N) is 1. The molecule has 2 amide bonds. The van der Waals surface area contributed by atoms with Gasteiger partial charge in [-0.15, -0.1) is 0 Å². The zero-order chi connectivity index (χ0) is 22.5. The van der Waals surface area contributed by atoms with E-state index in [-0.39, 0.29) is 23.6 Å². The van der Waals surface area contributed by atoms with Gasteiger partial charge in [0.05, 0.1) is 5.69 Å². The second-order valence-corrected chi connectivity index (χ2v) is 8.06. The van der Waals surface area contributed by atoms with E-state index in [4.69, 9.17) is 11.0 Å². The van der Waals surface area contributed by atoms with E-state index in [1.54, 1.807) is 0 Å². The van der Waals surface area contributed by atoms with Crippen LogP contribution in [-0.4, -0.2) is 46.5 Å². The van der Waals surface area contributed by atoms with Gasteiger partial charge in [0.1, 0.15) is 11.6 Å². The summed E-state index contributed by atoms with van der Waals surface area (Å²) in [5, 5.41) is 20.7. The lowest BCUT2D eigenvalue weighted by Crippen LogP contribution is -2.43. The van der Waals surface area contributed by atoms with Crippen LogP contribution in [0.5, 0.6) is 0 Å². The SMILES string of the molecule is N#Cc1c(N)n[nH]c1CCCNC(=O)C1CCN(C(=O)c2cccc3ccccc23)CC1. The largest absolute Gasteiger partial charge is 0.381 e. The number of amides is 2. The molecule has 4 rings (SSSR count). The molecule has 0 bridgehead atoms. The quantitative estimate of drug-likeness (QED) is 0.518. The van der Waals surface area contributed by atoms with Crippen LogP contribution in [0.15, 0.2) is 42.5 Å². The molecule has 32 heavy (non-hydrogen) atoms. The topological polar surface area (TPSA) is 128 Å². The summed E-state index contributed by atoms with van der Waals surface area (Å²) < 4.78 is 0. The number of rotatable bonds is 6. The molecule has 1 fully saturated rings. The van der Waals surface area contributed by atoms with Crippen LogP contribution in [0.3, 0.4) is 0 Å². The maximum absolute atomic E-state index is 13.1. The highest BCUT2D eigenvalue weighted by atomic mass is 16.2. The number of hydrogen-bond acceptors (Lipinski definition) is 5. The molecule has 0 saturated carbocycles. The highest BCUT2D eigenvalue weighted by molar-refractivity contribution is 6.07. The molecular formula is C24H26N6O2. The first-order valence-corrected chi connectivity index (χ1v) is 10.9. The number of hydrogen-bond donors (Lipinski definition) is 3. The van der Waals surface area contributed by atoms with Crippen molar-refractivity contribution in [1.29, 1.82) is 5.26 Å². The Kier molecular flexibility index (Phi) is 6.36. The number of aromatic nitrogens is 2. The number of piperidine rings is 1. The van der Waals surface area contributed by atoms with Gasteiger partial charge in [0.15, 0.2) is 5.82 Å². The lowest BCUT2D eigenvalue weighted by atomic mass is 9.94. The Morgan fingerprint density at radius 3 is 2.72 bits per heavy atom. The van der Waals surface area contributed by atoms with Crippen molar-refractivity contribution in [3.63, 3.8) is 0 Å². The number of nitrogens with one attached hydrogen (secondary N) is 2. The normalized spacial score (nSPS) is 14.3. The Morgan fingerprint density at radius 1 is 1.19 bits per heavy atom. The maximum Gasteiger partial charge on any atom is 0.254 e. The van der Waals surface area contributed by atoms with Gasteiger partial charge in [-0.05, 0) is 42.5 Å². The molecule has 1 saturated heterocycles. The van der Waals surface area contributed by atoms with Crippen LogP contribution in [0.1, 0.15) is 40.9 Å². The number of carbonyl (C=O) groups excluding carboxylic acids is 2. The first-order valence-electron chi connectivity index (χ1n) is 10.9. The summed E-state index contributed by atoms with van der Waals surface area (Å²) in [6.45, 7) is 1.65. The van der Waals surface area contributed by atoms with Crippen molar-refractivity contribution in [1.82, 2.24) is 20.4 Å². The fraction of sp³-hybridized carbons (Fsp3) is 0.333.